The molecule has 0 radical (unpaired) electrons. The molecule has 3 heterocycles. The van der Waals surface area contributed by atoms with E-state index in [4.69, 9.17) is 0 Å². The molecule has 0 bridgehead atoms. The van der Waals surface area contributed by atoms with Gasteiger partial charge in [-0.25, -0.2) is 0 Å². The van der Waals surface area contributed by atoms with E-state index in [9.17, 15) is 4.79 Å². The molecule has 1 atom stereocenters. The van der Waals surface area contributed by atoms with Crippen molar-refractivity contribution in [3.05, 3.63) is 71.4 Å². The summed E-state index contributed by atoms with van der Waals surface area (Å²) in [6.45, 7) is 11.8. The molecule has 138 valence electrons. The molecule has 0 aromatic heterocycles. The van der Waals surface area contributed by atoms with E-state index in [1.807, 2.05) is 11.0 Å². The predicted molar refractivity (Wildman–Crippen MR) is 110 cm³/mol. The van der Waals surface area contributed by atoms with Gasteiger partial charge in [-0.05, 0) is 36.3 Å². The van der Waals surface area contributed by atoms with E-state index >= 15 is 0 Å². The average Bonchev–Trinajstić information content (AvgIpc) is 2.88. The number of hydrogen-bond acceptors (Lipinski definition) is 2. The van der Waals surface area contributed by atoms with Crippen LogP contribution < -0.4 is 9.80 Å². The quantitative estimate of drug-likeness (QED) is 0.677. The van der Waals surface area contributed by atoms with Crippen molar-refractivity contribution in [2.75, 3.05) is 16.3 Å². The van der Waals surface area contributed by atoms with Gasteiger partial charge in [-0.1, -0.05) is 64.1 Å². The molecule has 0 fully saturated rings. The van der Waals surface area contributed by atoms with E-state index < -0.39 is 0 Å². The standard InChI is InChI=1S/C24H26N2O/c1-22(2)16-10-6-9-13-19(16)26-20(22)14-24(5)23(3,4)17-11-7-8-12-18(17)25(24)15-21(26)27/h6-14H,15H2,1-5H3/t24-/m0/s1. The van der Waals surface area contributed by atoms with E-state index in [-0.39, 0.29) is 22.3 Å². The molecule has 27 heavy (non-hydrogen) atoms. The first-order valence-corrected chi connectivity index (χ1v) is 9.72. The maximum atomic E-state index is 13.5. The Morgan fingerprint density at radius 2 is 1.41 bits per heavy atom. The zero-order valence-electron chi connectivity index (χ0n) is 16.7. The molecule has 3 heteroatoms. The zero-order chi connectivity index (χ0) is 19.2. The molecule has 1 amide bonds. The van der Waals surface area contributed by atoms with Crippen LogP contribution in [0.2, 0.25) is 0 Å². The Hall–Kier alpha value is -2.55. The van der Waals surface area contributed by atoms with Crippen molar-refractivity contribution >= 4 is 17.3 Å². The second kappa shape index (κ2) is 4.83. The Balaban J connectivity index is 1.80. The summed E-state index contributed by atoms with van der Waals surface area (Å²) < 4.78 is 0. The smallest absolute Gasteiger partial charge is 0.250 e. The number of carbonyl (C=O) groups excluding carboxylic acids is 1. The molecule has 3 aliphatic heterocycles. The molecule has 0 unspecified atom stereocenters. The number of nitrogens with zero attached hydrogens (tertiary/aromatic N) is 2. The number of amides is 1. The van der Waals surface area contributed by atoms with Crippen LogP contribution in [0.5, 0.6) is 0 Å². The van der Waals surface area contributed by atoms with Crippen molar-refractivity contribution in [3.8, 4) is 0 Å². The number of hydrogen-bond donors (Lipinski definition) is 0. The summed E-state index contributed by atoms with van der Waals surface area (Å²) in [5.41, 5.74) is 5.31. The highest BCUT2D eigenvalue weighted by atomic mass is 16.2. The number of fused-ring (bicyclic) bond motifs is 6. The van der Waals surface area contributed by atoms with Crippen molar-refractivity contribution in [1.29, 1.82) is 0 Å². The van der Waals surface area contributed by atoms with Crippen LogP contribution in [0.4, 0.5) is 11.4 Å². The third-order valence-corrected chi connectivity index (χ3v) is 7.35. The van der Waals surface area contributed by atoms with Gasteiger partial charge in [0.1, 0.15) is 0 Å². The lowest BCUT2D eigenvalue weighted by Gasteiger charge is -2.42. The highest BCUT2D eigenvalue weighted by Gasteiger charge is 2.57. The lowest BCUT2D eigenvalue weighted by molar-refractivity contribution is -0.116. The maximum Gasteiger partial charge on any atom is 0.250 e. The minimum absolute atomic E-state index is 0.0995. The third kappa shape index (κ3) is 1.80. The monoisotopic (exact) mass is 358 g/mol. The number of para-hydroxylation sites is 2. The number of anilines is 2. The van der Waals surface area contributed by atoms with Gasteiger partial charge in [0.25, 0.3) is 5.91 Å². The van der Waals surface area contributed by atoms with Gasteiger partial charge in [0, 0.05) is 22.2 Å². The molecular formula is C24H26N2O. The van der Waals surface area contributed by atoms with E-state index in [1.54, 1.807) is 0 Å². The van der Waals surface area contributed by atoms with Crippen LogP contribution in [0.15, 0.2) is 60.3 Å². The topological polar surface area (TPSA) is 23.6 Å². The van der Waals surface area contributed by atoms with E-state index in [0.717, 1.165) is 11.4 Å². The van der Waals surface area contributed by atoms with Crippen LogP contribution in [0.25, 0.3) is 0 Å². The second-order valence-corrected chi connectivity index (χ2v) is 9.28. The van der Waals surface area contributed by atoms with Gasteiger partial charge < -0.3 is 4.90 Å². The van der Waals surface area contributed by atoms with Crippen LogP contribution >= 0.6 is 0 Å². The third-order valence-electron chi connectivity index (χ3n) is 7.35. The summed E-state index contributed by atoms with van der Waals surface area (Å²) in [4.78, 5) is 17.8. The van der Waals surface area contributed by atoms with Crippen LogP contribution in [-0.2, 0) is 15.6 Å². The molecule has 0 saturated heterocycles. The maximum absolute atomic E-state index is 13.5. The predicted octanol–water partition coefficient (Wildman–Crippen LogP) is 4.76. The summed E-state index contributed by atoms with van der Waals surface area (Å²) >= 11 is 0. The Morgan fingerprint density at radius 1 is 0.815 bits per heavy atom. The van der Waals surface area contributed by atoms with Crippen molar-refractivity contribution in [1.82, 2.24) is 0 Å². The van der Waals surface area contributed by atoms with E-state index in [0.29, 0.717) is 6.54 Å². The fraction of sp³-hybridized carbons (Fsp3) is 0.375. The highest BCUT2D eigenvalue weighted by Crippen LogP contribution is 2.57. The van der Waals surface area contributed by atoms with Crippen molar-refractivity contribution < 1.29 is 4.79 Å². The molecule has 0 spiro atoms. The summed E-state index contributed by atoms with van der Waals surface area (Å²) in [5.74, 6) is 0.149. The Labute approximate surface area is 161 Å². The lowest BCUT2D eigenvalue weighted by Crippen LogP contribution is -2.53. The molecule has 3 nitrogen and oxygen atoms in total. The molecule has 0 aliphatic carbocycles. The van der Waals surface area contributed by atoms with Crippen LogP contribution in [-0.4, -0.2) is 18.0 Å². The van der Waals surface area contributed by atoms with Gasteiger partial charge in [0.15, 0.2) is 0 Å². The van der Waals surface area contributed by atoms with Gasteiger partial charge in [-0.3, -0.25) is 9.69 Å². The van der Waals surface area contributed by atoms with Crippen molar-refractivity contribution in [2.24, 2.45) is 0 Å². The van der Waals surface area contributed by atoms with Gasteiger partial charge in [0.05, 0.1) is 17.8 Å². The average molecular weight is 358 g/mol. The van der Waals surface area contributed by atoms with Crippen molar-refractivity contribution in [2.45, 2.75) is 51.0 Å². The molecule has 2 aromatic rings. The van der Waals surface area contributed by atoms with E-state index in [1.165, 1.54) is 16.8 Å². The molecular weight excluding hydrogens is 332 g/mol. The largest absolute Gasteiger partial charge is 0.352 e. The minimum Gasteiger partial charge on any atom is -0.352 e. The fourth-order valence-electron chi connectivity index (χ4n) is 5.34. The molecule has 0 saturated carbocycles. The molecule has 0 N–H and O–H groups in total. The summed E-state index contributed by atoms with van der Waals surface area (Å²) in [7, 11) is 0. The second-order valence-electron chi connectivity index (χ2n) is 9.28. The number of rotatable bonds is 0. The highest BCUT2D eigenvalue weighted by molar-refractivity contribution is 6.04. The molecule has 3 aliphatic rings. The first-order chi connectivity index (χ1) is 12.7. The minimum atomic E-state index is -0.268. The number of carbonyl (C=O) groups is 1. The normalized spacial score (nSPS) is 26.7. The van der Waals surface area contributed by atoms with Crippen LogP contribution in [0.1, 0.15) is 45.7 Å². The van der Waals surface area contributed by atoms with Gasteiger partial charge in [-0.2, -0.15) is 0 Å². The Kier molecular flexibility index (Phi) is 2.97. The first-order valence-electron chi connectivity index (χ1n) is 9.72. The Morgan fingerprint density at radius 3 is 2.11 bits per heavy atom. The van der Waals surface area contributed by atoms with Crippen LogP contribution in [0, 0.1) is 0 Å². The summed E-state index contributed by atoms with van der Waals surface area (Å²) in [5, 5.41) is 0. The molecule has 2 aromatic carbocycles. The summed E-state index contributed by atoms with van der Waals surface area (Å²) in [6, 6.07) is 16.9. The lowest BCUT2D eigenvalue weighted by atomic mass is 9.69. The van der Waals surface area contributed by atoms with Gasteiger partial charge >= 0.3 is 0 Å². The number of allylic oxidation sites excluding steroid dienone is 1. The fourth-order valence-corrected chi connectivity index (χ4v) is 5.34. The Bertz CT molecular complexity index is 1020. The van der Waals surface area contributed by atoms with E-state index in [2.05, 4.69) is 88.1 Å². The van der Waals surface area contributed by atoms with Gasteiger partial charge in [0.2, 0.25) is 0 Å². The number of benzene rings is 2. The van der Waals surface area contributed by atoms with Crippen LogP contribution in [0.3, 0.4) is 0 Å². The first kappa shape index (κ1) is 16.6. The summed E-state index contributed by atoms with van der Waals surface area (Å²) in [6.07, 6.45) is 2.37. The van der Waals surface area contributed by atoms with Gasteiger partial charge in [-0.15, -0.1) is 0 Å². The molecule has 5 rings (SSSR count). The van der Waals surface area contributed by atoms with Crippen molar-refractivity contribution in [3.63, 3.8) is 0 Å². The zero-order valence-corrected chi connectivity index (χ0v) is 16.7. The SMILES string of the molecule is CC1(C)C2=C[C@]3(C)N(CC(=O)N2c2ccccc21)c1ccccc1C3(C)C.